The summed E-state index contributed by atoms with van der Waals surface area (Å²) in [7, 11) is -3.93. The van der Waals surface area contributed by atoms with Crippen molar-refractivity contribution in [2.75, 3.05) is 4.72 Å². The van der Waals surface area contributed by atoms with Gasteiger partial charge in [0.05, 0.1) is 21.6 Å². The Morgan fingerprint density at radius 2 is 1.88 bits per heavy atom. The zero-order valence-corrected chi connectivity index (χ0v) is 14.3. The van der Waals surface area contributed by atoms with Crippen molar-refractivity contribution in [3.8, 4) is 0 Å². The number of hydrogen-bond acceptors (Lipinski definition) is 6. The summed E-state index contributed by atoms with van der Waals surface area (Å²) in [4.78, 5) is 25.3. The monoisotopic (exact) mass is 375 g/mol. The Morgan fingerprint density at radius 3 is 2.65 bits per heavy atom. The van der Waals surface area contributed by atoms with Crippen molar-refractivity contribution in [3.05, 3.63) is 57.5 Å². The van der Waals surface area contributed by atoms with Crippen molar-refractivity contribution in [2.45, 2.75) is 18.4 Å². The highest BCUT2D eigenvalue weighted by Crippen LogP contribution is 2.23. The molecule has 0 unspecified atom stereocenters. The molecule has 0 amide bonds. The van der Waals surface area contributed by atoms with Crippen LogP contribution in [0.2, 0.25) is 0 Å². The molecule has 10 heteroatoms. The number of fused-ring (bicyclic) bond motifs is 2. The molecular weight excluding hydrogens is 362 g/mol. The number of nitrogens with zero attached hydrogens (tertiary/aromatic N) is 1. The molecule has 0 saturated heterocycles. The highest BCUT2D eigenvalue weighted by atomic mass is 32.2. The van der Waals surface area contributed by atoms with E-state index in [1.807, 2.05) is 0 Å². The van der Waals surface area contributed by atoms with Gasteiger partial charge >= 0.3 is 11.5 Å². The van der Waals surface area contributed by atoms with Gasteiger partial charge in [-0.05, 0) is 31.2 Å². The lowest BCUT2D eigenvalue weighted by molar-refractivity contribution is 0.512. The lowest BCUT2D eigenvalue weighted by atomic mass is 10.3. The number of anilines is 1. The molecular formula is C16H13N3O6S. The van der Waals surface area contributed by atoms with Gasteiger partial charge in [-0.3, -0.25) is 14.3 Å². The molecule has 0 bridgehead atoms. The number of rotatable bonds is 4. The third-order valence-corrected chi connectivity index (χ3v) is 5.32. The van der Waals surface area contributed by atoms with Crippen LogP contribution in [0, 0.1) is 0 Å². The van der Waals surface area contributed by atoms with E-state index in [9.17, 15) is 18.0 Å². The largest absolute Gasteiger partial charge is 0.419 e. The lowest BCUT2D eigenvalue weighted by Gasteiger charge is -2.08. The molecule has 0 aliphatic heterocycles. The normalized spacial score (nSPS) is 12.0. The Labute approximate surface area is 145 Å². The van der Waals surface area contributed by atoms with Crippen LogP contribution in [0.25, 0.3) is 22.2 Å². The van der Waals surface area contributed by atoms with Gasteiger partial charge in [0, 0.05) is 18.7 Å². The topological polar surface area (TPSA) is 127 Å². The second-order valence-electron chi connectivity index (χ2n) is 5.57. The minimum atomic E-state index is -3.93. The first-order chi connectivity index (χ1) is 12.4. The zero-order valence-electron chi connectivity index (χ0n) is 13.5. The van der Waals surface area contributed by atoms with Crippen molar-refractivity contribution in [2.24, 2.45) is 0 Å². The molecule has 0 aliphatic carbocycles. The Bertz CT molecular complexity index is 1360. The summed E-state index contributed by atoms with van der Waals surface area (Å²) in [5, 5.41) is 0. The third kappa shape index (κ3) is 2.60. The van der Waals surface area contributed by atoms with Crippen LogP contribution in [0.15, 0.2) is 59.7 Å². The van der Waals surface area contributed by atoms with Gasteiger partial charge in [-0.2, -0.15) is 0 Å². The van der Waals surface area contributed by atoms with Crippen LogP contribution in [-0.4, -0.2) is 18.0 Å². The van der Waals surface area contributed by atoms with Gasteiger partial charge in [0.1, 0.15) is 0 Å². The average molecular weight is 375 g/mol. The zero-order chi connectivity index (χ0) is 18.5. The van der Waals surface area contributed by atoms with Crippen molar-refractivity contribution in [1.82, 2.24) is 9.55 Å². The predicted octanol–water partition coefficient (Wildman–Crippen LogP) is 1.85. The Hall–Kier alpha value is -3.27. The fourth-order valence-corrected chi connectivity index (χ4v) is 3.80. The first-order valence-electron chi connectivity index (χ1n) is 7.66. The SMILES string of the molecule is CCn1c(=O)oc2cc(S(=O)(=O)Nc3ccc4[nH]c(=O)oc4c3)ccc21. The number of sulfonamides is 1. The number of H-pyrrole nitrogens is 1. The molecule has 2 heterocycles. The molecule has 4 aromatic rings. The van der Waals surface area contributed by atoms with Crippen molar-refractivity contribution in [3.63, 3.8) is 0 Å². The van der Waals surface area contributed by atoms with Crippen LogP contribution in [-0.2, 0) is 16.6 Å². The molecule has 2 N–H and O–H groups in total. The van der Waals surface area contributed by atoms with E-state index in [4.69, 9.17) is 8.83 Å². The number of oxazole rings is 2. The number of aromatic amines is 1. The second-order valence-corrected chi connectivity index (χ2v) is 7.26. The highest BCUT2D eigenvalue weighted by Gasteiger charge is 2.18. The maximum Gasteiger partial charge on any atom is 0.419 e. The fraction of sp³-hybridized carbons (Fsp3) is 0.125. The van der Waals surface area contributed by atoms with Crippen LogP contribution in [0.4, 0.5) is 5.69 Å². The molecule has 4 rings (SSSR count). The predicted molar refractivity (Wildman–Crippen MR) is 93.8 cm³/mol. The van der Waals surface area contributed by atoms with E-state index in [0.717, 1.165) is 0 Å². The van der Waals surface area contributed by atoms with Gasteiger partial charge in [0.2, 0.25) is 0 Å². The number of hydrogen-bond donors (Lipinski definition) is 2. The molecule has 0 atom stereocenters. The Morgan fingerprint density at radius 1 is 1.08 bits per heavy atom. The minimum absolute atomic E-state index is 0.0578. The fourth-order valence-electron chi connectivity index (χ4n) is 2.74. The molecule has 0 fully saturated rings. The molecule has 26 heavy (non-hydrogen) atoms. The minimum Gasteiger partial charge on any atom is -0.408 e. The smallest absolute Gasteiger partial charge is 0.408 e. The molecule has 2 aromatic heterocycles. The van der Waals surface area contributed by atoms with Gasteiger partial charge < -0.3 is 8.83 Å². The molecule has 0 aliphatic rings. The summed E-state index contributed by atoms with van der Waals surface area (Å²) < 4.78 is 39.0. The van der Waals surface area contributed by atoms with Gasteiger partial charge in [0.25, 0.3) is 10.0 Å². The summed E-state index contributed by atoms with van der Waals surface area (Å²) in [6.45, 7) is 2.20. The molecule has 0 saturated carbocycles. The number of aryl methyl sites for hydroxylation is 1. The third-order valence-electron chi connectivity index (χ3n) is 3.94. The summed E-state index contributed by atoms with van der Waals surface area (Å²) in [6.07, 6.45) is 0. The van der Waals surface area contributed by atoms with Gasteiger partial charge in [-0.15, -0.1) is 0 Å². The van der Waals surface area contributed by atoms with Crippen LogP contribution in [0.3, 0.4) is 0 Å². The number of benzene rings is 2. The molecule has 2 aromatic carbocycles. The maximum atomic E-state index is 12.6. The summed E-state index contributed by atoms with van der Waals surface area (Å²) in [5.74, 6) is -1.17. The van der Waals surface area contributed by atoms with E-state index in [-0.39, 0.29) is 21.7 Å². The van der Waals surface area contributed by atoms with Crippen LogP contribution in [0.5, 0.6) is 0 Å². The van der Waals surface area contributed by atoms with Gasteiger partial charge in [-0.25, -0.2) is 18.0 Å². The summed E-state index contributed by atoms with van der Waals surface area (Å²) >= 11 is 0. The standard InChI is InChI=1S/C16H13N3O6S/c1-2-19-12-6-4-10(8-14(12)25-16(19)21)26(22,23)18-9-3-5-11-13(7-9)24-15(20)17-11/h3-8,18H,2H2,1H3,(H,17,20). The first kappa shape index (κ1) is 16.2. The van der Waals surface area contributed by atoms with E-state index in [0.29, 0.717) is 17.6 Å². The van der Waals surface area contributed by atoms with E-state index >= 15 is 0 Å². The molecule has 0 spiro atoms. The van der Waals surface area contributed by atoms with E-state index in [1.54, 1.807) is 6.92 Å². The van der Waals surface area contributed by atoms with E-state index in [2.05, 4.69) is 9.71 Å². The van der Waals surface area contributed by atoms with E-state index in [1.165, 1.54) is 41.0 Å². The van der Waals surface area contributed by atoms with Gasteiger partial charge in [0.15, 0.2) is 11.2 Å². The average Bonchev–Trinajstić information content (AvgIpc) is 3.10. The highest BCUT2D eigenvalue weighted by molar-refractivity contribution is 7.92. The lowest BCUT2D eigenvalue weighted by Crippen LogP contribution is -2.13. The van der Waals surface area contributed by atoms with Crippen molar-refractivity contribution in [1.29, 1.82) is 0 Å². The maximum absolute atomic E-state index is 12.6. The van der Waals surface area contributed by atoms with Gasteiger partial charge in [-0.1, -0.05) is 0 Å². The Balaban J connectivity index is 1.74. The number of aromatic nitrogens is 2. The van der Waals surface area contributed by atoms with Crippen LogP contribution < -0.4 is 16.2 Å². The first-order valence-corrected chi connectivity index (χ1v) is 9.15. The molecule has 134 valence electrons. The van der Waals surface area contributed by atoms with Crippen LogP contribution >= 0.6 is 0 Å². The van der Waals surface area contributed by atoms with E-state index < -0.39 is 21.5 Å². The Kier molecular flexibility index (Phi) is 3.51. The second kappa shape index (κ2) is 5.63. The molecule has 0 radical (unpaired) electrons. The summed E-state index contributed by atoms with van der Waals surface area (Å²) in [6, 6.07) is 8.63. The molecule has 9 nitrogen and oxygen atoms in total. The van der Waals surface area contributed by atoms with Crippen molar-refractivity contribution >= 4 is 37.9 Å². The van der Waals surface area contributed by atoms with Crippen LogP contribution in [0.1, 0.15) is 6.92 Å². The quantitative estimate of drug-likeness (QED) is 0.560. The van der Waals surface area contributed by atoms with Crippen molar-refractivity contribution < 1.29 is 17.3 Å². The number of nitrogens with one attached hydrogen (secondary N) is 2. The summed E-state index contributed by atoms with van der Waals surface area (Å²) in [5.41, 5.74) is 1.63.